The molecule has 31 heavy (non-hydrogen) atoms. The Bertz CT molecular complexity index is 1110. The molecule has 2 saturated heterocycles. The van der Waals surface area contributed by atoms with Crippen LogP contribution in [0.4, 0.5) is 4.39 Å². The van der Waals surface area contributed by atoms with E-state index in [0.29, 0.717) is 29.4 Å². The van der Waals surface area contributed by atoms with Gasteiger partial charge in [0.2, 0.25) is 0 Å². The Balaban J connectivity index is 1.38. The van der Waals surface area contributed by atoms with Gasteiger partial charge in [0.25, 0.3) is 0 Å². The molecule has 8 heteroatoms. The van der Waals surface area contributed by atoms with E-state index in [0.717, 1.165) is 24.1 Å². The van der Waals surface area contributed by atoms with Crippen LogP contribution in [0.25, 0.3) is 23.0 Å². The van der Waals surface area contributed by atoms with E-state index in [2.05, 4.69) is 32.4 Å². The quantitative estimate of drug-likeness (QED) is 0.672. The number of hydrogen-bond acceptors (Lipinski definition) is 6. The lowest BCUT2D eigenvalue weighted by molar-refractivity contribution is 0.0731. The minimum atomic E-state index is -1.07. The van der Waals surface area contributed by atoms with E-state index >= 15 is 4.39 Å². The maximum atomic E-state index is 15.3. The average Bonchev–Trinajstić information content (AvgIpc) is 3.27. The molecular weight excluding hydrogens is 395 g/mol. The third kappa shape index (κ3) is 3.72. The molecule has 2 aliphatic heterocycles. The first-order chi connectivity index (χ1) is 14.9. The van der Waals surface area contributed by atoms with Gasteiger partial charge in [-0.1, -0.05) is 6.92 Å². The van der Waals surface area contributed by atoms with Crippen molar-refractivity contribution in [1.29, 1.82) is 0 Å². The summed E-state index contributed by atoms with van der Waals surface area (Å²) in [6, 6.07) is 5.54. The molecule has 5 rings (SSSR count). The van der Waals surface area contributed by atoms with Crippen LogP contribution in [0.2, 0.25) is 0 Å². The highest BCUT2D eigenvalue weighted by Gasteiger charge is 2.47. The number of imidazole rings is 1. The number of aromatic hydroxyl groups is 1. The number of nitrogens with zero attached hydrogens (tertiary/aromatic N) is 5. The number of nitrogens with one attached hydrogen (secondary N) is 1. The molecule has 2 aliphatic rings. The van der Waals surface area contributed by atoms with Crippen molar-refractivity contribution in [2.24, 2.45) is 5.92 Å². The first-order valence-corrected chi connectivity index (χ1v) is 10.5. The molecule has 7 nitrogen and oxygen atoms in total. The maximum Gasteiger partial charge on any atom is 0.174 e. The lowest BCUT2D eigenvalue weighted by atomic mass is 9.70. The van der Waals surface area contributed by atoms with Crippen LogP contribution in [0.15, 0.2) is 48.7 Å². The number of aromatic nitrogens is 5. The van der Waals surface area contributed by atoms with Crippen LogP contribution in [-0.4, -0.2) is 47.6 Å². The fraction of sp³-hybridized carbons (Fsp3) is 0.391. The van der Waals surface area contributed by atoms with Crippen molar-refractivity contribution < 1.29 is 9.50 Å². The van der Waals surface area contributed by atoms with Crippen molar-refractivity contribution in [2.75, 3.05) is 0 Å². The molecule has 0 amide bonds. The maximum absolute atomic E-state index is 15.3. The number of rotatable bonds is 3. The van der Waals surface area contributed by atoms with Gasteiger partial charge < -0.3 is 15.0 Å². The molecule has 1 unspecified atom stereocenters. The van der Waals surface area contributed by atoms with E-state index in [-0.39, 0.29) is 11.8 Å². The van der Waals surface area contributed by atoms with E-state index in [4.69, 9.17) is 0 Å². The first-order valence-electron chi connectivity index (χ1n) is 10.5. The van der Waals surface area contributed by atoms with Crippen LogP contribution in [-0.2, 0) is 0 Å². The number of alkyl halides is 1. The third-order valence-electron chi connectivity index (χ3n) is 6.31. The number of benzene rings is 1. The van der Waals surface area contributed by atoms with Crippen LogP contribution in [0, 0.1) is 5.92 Å². The van der Waals surface area contributed by atoms with Gasteiger partial charge in [-0.25, -0.2) is 14.4 Å². The second-order valence-corrected chi connectivity index (χ2v) is 8.96. The summed E-state index contributed by atoms with van der Waals surface area (Å²) in [6.45, 7) is 4.16. The van der Waals surface area contributed by atoms with E-state index in [1.165, 1.54) is 0 Å². The zero-order valence-electron chi connectivity index (χ0n) is 17.5. The number of halogens is 1. The molecule has 2 fully saturated rings. The Hall–Kier alpha value is -3.13. The highest BCUT2D eigenvalue weighted by atomic mass is 19.1. The highest BCUT2D eigenvalue weighted by Crippen LogP contribution is 2.41. The predicted molar refractivity (Wildman–Crippen MR) is 115 cm³/mol. The van der Waals surface area contributed by atoms with Gasteiger partial charge in [-0.3, -0.25) is 0 Å². The monoisotopic (exact) mass is 420 g/mol. The second kappa shape index (κ2) is 7.53. The van der Waals surface area contributed by atoms with Crippen LogP contribution in [0.3, 0.4) is 0 Å². The Kier molecular flexibility index (Phi) is 4.81. The Morgan fingerprint density at radius 1 is 1.32 bits per heavy atom. The van der Waals surface area contributed by atoms with Crippen LogP contribution in [0.1, 0.15) is 38.9 Å². The van der Waals surface area contributed by atoms with Crippen LogP contribution >= 0.6 is 0 Å². The lowest BCUT2D eigenvalue weighted by Gasteiger charge is -2.49. The minimum Gasteiger partial charge on any atom is -0.507 e. The Morgan fingerprint density at radius 2 is 2.19 bits per heavy atom. The molecular formula is C23H25FN6O. The van der Waals surface area contributed by atoms with Gasteiger partial charge in [0.15, 0.2) is 5.82 Å². The summed E-state index contributed by atoms with van der Waals surface area (Å²) in [5.41, 5.74) is 1.96. The number of fused-ring (bicyclic) bond motifs is 2. The van der Waals surface area contributed by atoms with Crippen molar-refractivity contribution in [3.05, 3.63) is 54.5 Å². The SMILES string of the molecule is C[C@@H]1CC2C/C(=C/c3ncc(-c4ccc(-n5ccnc5)cc4O)nn3)[C@@H](F)[C@@](C)(C1)N2. The van der Waals surface area contributed by atoms with Gasteiger partial charge in [0.05, 0.1) is 23.8 Å². The molecule has 3 aromatic rings. The molecule has 0 radical (unpaired) electrons. The summed E-state index contributed by atoms with van der Waals surface area (Å²) >= 11 is 0. The second-order valence-electron chi connectivity index (χ2n) is 8.96. The molecule has 1 aromatic carbocycles. The van der Waals surface area contributed by atoms with E-state index in [1.807, 2.05) is 13.0 Å². The van der Waals surface area contributed by atoms with Gasteiger partial charge >= 0.3 is 0 Å². The van der Waals surface area contributed by atoms with Gasteiger partial charge in [-0.15, -0.1) is 10.2 Å². The summed E-state index contributed by atoms with van der Waals surface area (Å²) in [6.07, 6.45) is 9.86. The van der Waals surface area contributed by atoms with Crippen molar-refractivity contribution >= 4 is 6.08 Å². The largest absolute Gasteiger partial charge is 0.507 e. The smallest absolute Gasteiger partial charge is 0.174 e. The lowest BCUT2D eigenvalue weighted by Crippen LogP contribution is -2.63. The number of hydrogen-bond donors (Lipinski definition) is 2. The molecule has 0 saturated carbocycles. The van der Waals surface area contributed by atoms with Crippen LogP contribution in [0.5, 0.6) is 5.75 Å². The summed E-state index contributed by atoms with van der Waals surface area (Å²) < 4.78 is 17.1. The van der Waals surface area contributed by atoms with Gasteiger partial charge in [0, 0.05) is 30.1 Å². The molecule has 0 aliphatic carbocycles. The average molecular weight is 420 g/mol. The number of piperidine rings is 2. The number of phenolic OH excluding ortho intramolecular Hbond substituents is 1. The molecule has 2 bridgehead atoms. The van der Waals surface area contributed by atoms with Crippen LogP contribution < -0.4 is 5.32 Å². The summed E-state index contributed by atoms with van der Waals surface area (Å²) in [5.74, 6) is 0.971. The fourth-order valence-corrected chi connectivity index (χ4v) is 5.07. The van der Waals surface area contributed by atoms with E-state index in [9.17, 15) is 5.11 Å². The summed E-state index contributed by atoms with van der Waals surface area (Å²) in [5, 5.41) is 22.3. The van der Waals surface area contributed by atoms with Crippen molar-refractivity contribution in [3.8, 4) is 22.7 Å². The van der Waals surface area contributed by atoms with Gasteiger partial charge in [-0.05, 0) is 55.9 Å². The fourth-order valence-electron chi connectivity index (χ4n) is 5.07. The van der Waals surface area contributed by atoms with E-state index < -0.39 is 11.7 Å². The topological polar surface area (TPSA) is 88.8 Å². The third-order valence-corrected chi connectivity index (χ3v) is 6.31. The molecule has 0 spiro atoms. The molecule has 160 valence electrons. The molecule has 2 aromatic heterocycles. The standard InChI is InChI=1S/C23H25FN6O/c1-14-7-16-8-15(22(24)23(2,11-14)27-16)9-21-26-12-19(28-29-21)18-4-3-17(10-20(18)31)30-6-5-25-13-30/h3-6,9-10,12-14,16,22,27,31H,7-8,11H2,1-2H3/b15-9-/t14-,16?,22-,23-/m1/s1. The normalized spacial score (nSPS) is 29.3. The van der Waals surface area contributed by atoms with Crippen molar-refractivity contribution in [1.82, 2.24) is 30.0 Å². The minimum absolute atomic E-state index is 0.0745. The van der Waals surface area contributed by atoms with Crippen molar-refractivity contribution in [2.45, 2.75) is 50.9 Å². The van der Waals surface area contributed by atoms with Gasteiger partial charge in [0.1, 0.15) is 17.6 Å². The first kappa shape index (κ1) is 19.8. The van der Waals surface area contributed by atoms with E-state index in [1.54, 1.807) is 47.7 Å². The Morgan fingerprint density at radius 3 is 2.90 bits per heavy atom. The Labute approximate surface area is 180 Å². The molecule has 4 atom stereocenters. The molecule has 2 N–H and O–H groups in total. The number of phenols is 1. The summed E-state index contributed by atoms with van der Waals surface area (Å²) in [7, 11) is 0. The zero-order chi connectivity index (χ0) is 21.6. The highest BCUT2D eigenvalue weighted by molar-refractivity contribution is 5.68. The predicted octanol–water partition coefficient (Wildman–Crippen LogP) is 3.70. The molecule has 4 heterocycles. The summed E-state index contributed by atoms with van der Waals surface area (Å²) in [4.78, 5) is 8.38. The zero-order valence-corrected chi connectivity index (χ0v) is 17.5. The van der Waals surface area contributed by atoms with Crippen molar-refractivity contribution in [3.63, 3.8) is 0 Å². The van der Waals surface area contributed by atoms with Gasteiger partial charge in [-0.2, -0.15) is 0 Å².